The molecule has 0 spiro atoms. The summed E-state index contributed by atoms with van der Waals surface area (Å²) < 4.78 is 0. The average Bonchev–Trinajstić information content (AvgIpc) is 3.07. The van der Waals surface area contributed by atoms with E-state index in [1.807, 2.05) is 48.3 Å². The summed E-state index contributed by atoms with van der Waals surface area (Å²) in [6.45, 7) is 0.675. The fraction of sp³-hybridized carbons (Fsp3) is 0.350. The summed E-state index contributed by atoms with van der Waals surface area (Å²) in [5.74, 6) is 0.264. The minimum Gasteiger partial charge on any atom is -0.341 e. The first kappa shape index (κ1) is 14.8. The molecule has 1 aliphatic rings. The molecule has 0 bridgehead atoms. The second-order valence-electron chi connectivity index (χ2n) is 6.30. The topological polar surface area (TPSA) is 20.3 Å². The van der Waals surface area contributed by atoms with Crippen LogP contribution in [0.25, 0.3) is 0 Å². The Bertz CT molecular complexity index is 615. The third kappa shape index (κ3) is 2.78. The normalized spacial score (nSPS) is 16.4. The van der Waals surface area contributed by atoms with Crippen LogP contribution < -0.4 is 0 Å². The van der Waals surface area contributed by atoms with E-state index in [4.69, 9.17) is 0 Å². The molecule has 2 aromatic carbocycles. The second-order valence-corrected chi connectivity index (χ2v) is 6.30. The quantitative estimate of drug-likeness (QED) is 0.829. The lowest BCUT2D eigenvalue weighted by atomic mass is 9.77. The Labute approximate surface area is 132 Å². The van der Waals surface area contributed by atoms with Crippen molar-refractivity contribution in [1.82, 2.24) is 4.90 Å². The number of hydrogen-bond donors (Lipinski definition) is 0. The average molecular weight is 293 g/mol. The molecule has 0 heterocycles. The standard InChI is InChI=1S/C20H23NO/c1-21(16-17-10-4-2-5-11-17)19(22)20(14-8-9-15-20)18-12-6-3-7-13-18/h2-7,10-13H,8-9,14-16H2,1H3. The van der Waals surface area contributed by atoms with Crippen LogP contribution in [0.15, 0.2) is 60.7 Å². The van der Waals surface area contributed by atoms with Crippen LogP contribution in [0.3, 0.4) is 0 Å². The van der Waals surface area contributed by atoms with Crippen LogP contribution in [0.1, 0.15) is 36.8 Å². The maximum absolute atomic E-state index is 13.2. The monoisotopic (exact) mass is 293 g/mol. The van der Waals surface area contributed by atoms with Crippen LogP contribution in [-0.4, -0.2) is 17.9 Å². The Balaban J connectivity index is 1.84. The molecule has 0 aliphatic heterocycles. The summed E-state index contributed by atoms with van der Waals surface area (Å²) in [6, 6.07) is 20.5. The molecular weight excluding hydrogens is 270 g/mol. The van der Waals surface area contributed by atoms with Crippen molar-refractivity contribution in [2.24, 2.45) is 0 Å². The molecule has 114 valence electrons. The smallest absolute Gasteiger partial charge is 0.233 e. The van der Waals surface area contributed by atoms with Crippen molar-refractivity contribution >= 4 is 5.91 Å². The Morgan fingerprint density at radius 2 is 1.50 bits per heavy atom. The number of hydrogen-bond acceptors (Lipinski definition) is 1. The number of carbonyl (C=O) groups is 1. The van der Waals surface area contributed by atoms with Crippen LogP contribution in [-0.2, 0) is 16.8 Å². The van der Waals surface area contributed by atoms with E-state index in [0.29, 0.717) is 6.54 Å². The van der Waals surface area contributed by atoms with Crippen molar-refractivity contribution in [1.29, 1.82) is 0 Å². The molecule has 1 saturated carbocycles. The minimum atomic E-state index is -0.315. The summed E-state index contributed by atoms with van der Waals surface area (Å²) in [4.78, 5) is 15.1. The lowest BCUT2D eigenvalue weighted by Gasteiger charge is -2.33. The van der Waals surface area contributed by atoms with Gasteiger partial charge in [0.25, 0.3) is 0 Å². The highest BCUT2D eigenvalue weighted by Gasteiger charge is 2.43. The highest BCUT2D eigenvalue weighted by atomic mass is 16.2. The van der Waals surface area contributed by atoms with Gasteiger partial charge in [0.2, 0.25) is 5.91 Å². The van der Waals surface area contributed by atoms with Gasteiger partial charge in [-0.15, -0.1) is 0 Å². The van der Waals surface area contributed by atoms with Crippen molar-refractivity contribution < 1.29 is 4.79 Å². The van der Waals surface area contributed by atoms with Gasteiger partial charge in [-0.05, 0) is 24.0 Å². The first-order valence-corrected chi connectivity index (χ1v) is 8.07. The zero-order valence-electron chi connectivity index (χ0n) is 13.2. The molecule has 0 unspecified atom stereocenters. The van der Waals surface area contributed by atoms with Gasteiger partial charge >= 0.3 is 0 Å². The summed E-state index contributed by atoms with van der Waals surface area (Å²) >= 11 is 0. The predicted molar refractivity (Wildman–Crippen MR) is 89.5 cm³/mol. The van der Waals surface area contributed by atoms with Crippen LogP contribution in [0.4, 0.5) is 0 Å². The van der Waals surface area contributed by atoms with Gasteiger partial charge in [0.1, 0.15) is 0 Å². The van der Waals surface area contributed by atoms with Crippen molar-refractivity contribution in [3.63, 3.8) is 0 Å². The van der Waals surface area contributed by atoms with E-state index in [1.54, 1.807) is 0 Å². The molecular formula is C20H23NO. The van der Waals surface area contributed by atoms with E-state index in [0.717, 1.165) is 25.7 Å². The third-order valence-electron chi connectivity index (χ3n) is 4.80. The van der Waals surface area contributed by atoms with Crippen molar-refractivity contribution in [3.05, 3.63) is 71.8 Å². The summed E-state index contributed by atoms with van der Waals surface area (Å²) in [6.07, 6.45) is 4.21. The van der Waals surface area contributed by atoms with Gasteiger partial charge < -0.3 is 4.90 Å². The Kier molecular flexibility index (Phi) is 4.28. The Hall–Kier alpha value is -2.09. The van der Waals surface area contributed by atoms with Gasteiger partial charge in [-0.25, -0.2) is 0 Å². The summed E-state index contributed by atoms with van der Waals surface area (Å²) in [5.41, 5.74) is 2.04. The highest BCUT2D eigenvalue weighted by Crippen LogP contribution is 2.42. The number of rotatable bonds is 4. The second kappa shape index (κ2) is 6.35. The Morgan fingerprint density at radius 3 is 2.09 bits per heavy atom. The van der Waals surface area contributed by atoms with Gasteiger partial charge in [-0.2, -0.15) is 0 Å². The van der Waals surface area contributed by atoms with Crippen molar-refractivity contribution in [3.8, 4) is 0 Å². The lowest BCUT2D eigenvalue weighted by Crippen LogP contribution is -2.43. The van der Waals surface area contributed by atoms with E-state index in [2.05, 4.69) is 24.3 Å². The SMILES string of the molecule is CN(Cc1ccccc1)C(=O)C1(c2ccccc2)CCCC1. The molecule has 2 nitrogen and oxygen atoms in total. The number of carbonyl (C=O) groups excluding carboxylic acids is 1. The first-order chi connectivity index (χ1) is 10.7. The van der Waals surface area contributed by atoms with E-state index in [9.17, 15) is 4.79 Å². The lowest BCUT2D eigenvalue weighted by molar-refractivity contribution is -0.136. The molecule has 0 atom stereocenters. The van der Waals surface area contributed by atoms with E-state index >= 15 is 0 Å². The van der Waals surface area contributed by atoms with Crippen molar-refractivity contribution in [2.75, 3.05) is 7.05 Å². The van der Waals surface area contributed by atoms with Crippen LogP contribution >= 0.6 is 0 Å². The summed E-state index contributed by atoms with van der Waals surface area (Å²) in [5, 5.41) is 0. The van der Waals surface area contributed by atoms with Crippen LogP contribution in [0, 0.1) is 0 Å². The molecule has 0 N–H and O–H groups in total. The number of amides is 1. The number of benzene rings is 2. The zero-order valence-corrected chi connectivity index (χ0v) is 13.2. The summed E-state index contributed by atoms with van der Waals surface area (Å²) in [7, 11) is 1.93. The minimum absolute atomic E-state index is 0.264. The van der Waals surface area contributed by atoms with Gasteiger partial charge in [0, 0.05) is 13.6 Å². The molecule has 0 radical (unpaired) electrons. The first-order valence-electron chi connectivity index (χ1n) is 8.07. The van der Waals surface area contributed by atoms with E-state index in [-0.39, 0.29) is 11.3 Å². The third-order valence-corrected chi connectivity index (χ3v) is 4.80. The fourth-order valence-corrected chi connectivity index (χ4v) is 3.66. The maximum atomic E-state index is 13.2. The molecule has 1 fully saturated rings. The van der Waals surface area contributed by atoms with Gasteiger partial charge in [0.15, 0.2) is 0 Å². The molecule has 3 rings (SSSR count). The molecule has 0 aromatic heterocycles. The van der Waals surface area contributed by atoms with Crippen LogP contribution in [0.5, 0.6) is 0 Å². The van der Waals surface area contributed by atoms with E-state index < -0.39 is 0 Å². The zero-order chi connectivity index (χ0) is 15.4. The molecule has 0 saturated heterocycles. The molecule has 2 aromatic rings. The van der Waals surface area contributed by atoms with Gasteiger partial charge in [-0.1, -0.05) is 73.5 Å². The molecule has 1 aliphatic carbocycles. The highest BCUT2D eigenvalue weighted by molar-refractivity contribution is 5.88. The number of nitrogens with zero attached hydrogens (tertiary/aromatic N) is 1. The molecule has 2 heteroatoms. The van der Waals surface area contributed by atoms with Gasteiger partial charge in [-0.3, -0.25) is 4.79 Å². The van der Waals surface area contributed by atoms with Crippen molar-refractivity contribution in [2.45, 2.75) is 37.6 Å². The fourth-order valence-electron chi connectivity index (χ4n) is 3.66. The van der Waals surface area contributed by atoms with E-state index in [1.165, 1.54) is 11.1 Å². The largest absolute Gasteiger partial charge is 0.341 e. The maximum Gasteiger partial charge on any atom is 0.233 e. The Morgan fingerprint density at radius 1 is 0.955 bits per heavy atom. The molecule has 22 heavy (non-hydrogen) atoms. The van der Waals surface area contributed by atoms with Crippen LogP contribution in [0.2, 0.25) is 0 Å². The number of likely N-dealkylation sites (N-methyl/N-ethyl adjacent to an activating group) is 1. The molecule has 1 amide bonds. The van der Waals surface area contributed by atoms with Gasteiger partial charge in [0.05, 0.1) is 5.41 Å². The predicted octanol–water partition coefficient (Wildman–Crippen LogP) is 4.16.